The molecule has 4 rings (SSSR count). The number of Topliss-reactive ketones (excluding diaryl/α,β-unsaturated/α-hetero) is 1. The van der Waals surface area contributed by atoms with Crippen molar-refractivity contribution in [3.63, 3.8) is 0 Å². The highest BCUT2D eigenvalue weighted by molar-refractivity contribution is 7.92. The molecule has 2 aliphatic heterocycles. The molecule has 4 fully saturated rings. The van der Waals surface area contributed by atoms with Gasteiger partial charge in [0.05, 0.1) is 22.6 Å². The zero-order valence-corrected chi connectivity index (χ0v) is 33.0. The van der Waals surface area contributed by atoms with Gasteiger partial charge in [-0.05, 0) is 60.2 Å². The maximum atomic E-state index is 14.6. The zero-order valence-electron chi connectivity index (χ0n) is 32.2. The van der Waals surface area contributed by atoms with E-state index in [2.05, 4.69) is 55.5 Å². The highest BCUT2D eigenvalue weighted by atomic mass is 32.2. The lowest BCUT2D eigenvalue weighted by molar-refractivity contribution is -0.145. The van der Waals surface area contributed by atoms with E-state index < -0.39 is 73.7 Å². The SMILES string of the molecule is C=CCNC(=O)C(=O)[C@H](CCCC)NC(=O)[C@@H]1[C@@H]2[C@H](CN1C(=O)[C@@H](NC(=O)NC1([C@@H]3CC(C)(C)CCS3(=O)=O)CCCCC1)C(C)(C)C)C2(C)C. The molecule has 13 heteroatoms. The first kappa shape index (κ1) is 40.8. The summed E-state index contributed by atoms with van der Waals surface area (Å²) in [5.74, 6) is -2.47. The van der Waals surface area contributed by atoms with Crippen LogP contribution in [0.3, 0.4) is 0 Å². The number of fused-ring (bicyclic) bond motifs is 1. The molecular weight excluding hydrogens is 671 g/mol. The van der Waals surface area contributed by atoms with Crippen molar-refractivity contribution in [2.45, 2.75) is 149 Å². The molecule has 0 aromatic rings. The lowest BCUT2D eigenvalue weighted by Crippen LogP contribution is -2.66. The van der Waals surface area contributed by atoms with E-state index in [1.807, 2.05) is 27.7 Å². The van der Waals surface area contributed by atoms with Gasteiger partial charge in [-0.2, -0.15) is 0 Å². The molecule has 51 heavy (non-hydrogen) atoms. The molecule has 2 aliphatic carbocycles. The lowest BCUT2D eigenvalue weighted by atomic mass is 9.73. The minimum Gasteiger partial charge on any atom is -0.346 e. The Bertz CT molecular complexity index is 1480. The average Bonchev–Trinajstić information content (AvgIpc) is 3.35. The van der Waals surface area contributed by atoms with Crippen molar-refractivity contribution in [2.75, 3.05) is 18.8 Å². The summed E-state index contributed by atoms with van der Waals surface area (Å²) in [7, 11) is -3.46. The summed E-state index contributed by atoms with van der Waals surface area (Å²) in [4.78, 5) is 70.0. The van der Waals surface area contributed by atoms with Gasteiger partial charge >= 0.3 is 6.03 Å². The van der Waals surface area contributed by atoms with E-state index in [1.54, 1.807) is 0 Å². The molecular formula is C38H63N5O7S. The topological polar surface area (TPSA) is 171 Å². The van der Waals surface area contributed by atoms with Gasteiger partial charge in [0.25, 0.3) is 5.91 Å². The molecule has 2 saturated heterocycles. The molecule has 4 aliphatic rings. The van der Waals surface area contributed by atoms with Crippen LogP contribution >= 0.6 is 0 Å². The largest absolute Gasteiger partial charge is 0.346 e. The smallest absolute Gasteiger partial charge is 0.315 e. The van der Waals surface area contributed by atoms with Gasteiger partial charge in [0.15, 0.2) is 9.84 Å². The van der Waals surface area contributed by atoms with E-state index >= 15 is 0 Å². The standard InChI is InChI=1S/C38H63N5O7S/c1-10-12-16-25(29(44)32(46)39-20-11-2)40-31(45)28-27-24(37(27,8)9)23-43(28)33(47)30(35(3,4)5)41-34(48)42-38(17-14-13-15-18-38)26-22-36(6,7)19-21-51(26,49)50/h11,24-28,30H,2,10,12-23H2,1,3-9H3,(H,39,46)(H,40,45)(H2,41,42,48)/t24-,25-,26-,27-,28-,30+/m0/s1. The van der Waals surface area contributed by atoms with Gasteiger partial charge in [0.1, 0.15) is 12.1 Å². The van der Waals surface area contributed by atoms with E-state index in [4.69, 9.17) is 0 Å². The van der Waals surface area contributed by atoms with Crippen LogP contribution in [0, 0.1) is 28.1 Å². The molecule has 0 unspecified atom stereocenters. The van der Waals surface area contributed by atoms with Crippen molar-refractivity contribution in [1.82, 2.24) is 26.2 Å². The molecule has 0 spiro atoms. The summed E-state index contributed by atoms with van der Waals surface area (Å²) < 4.78 is 27.1. The maximum absolute atomic E-state index is 14.6. The normalized spacial score (nSPS) is 28.3. The number of piperidine rings is 1. The Labute approximate surface area is 305 Å². The fraction of sp³-hybridized carbons (Fsp3) is 0.816. The summed E-state index contributed by atoms with van der Waals surface area (Å²) in [6, 6.07) is -3.56. The van der Waals surface area contributed by atoms with Crippen molar-refractivity contribution >= 4 is 39.4 Å². The van der Waals surface area contributed by atoms with Crippen LogP contribution in [0.4, 0.5) is 4.79 Å². The number of nitrogens with one attached hydrogen (secondary N) is 4. The third-order valence-corrected chi connectivity index (χ3v) is 14.5. The molecule has 6 atom stereocenters. The second-order valence-corrected chi connectivity index (χ2v) is 20.3. The van der Waals surface area contributed by atoms with Crippen LogP contribution < -0.4 is 21.3 Å². The van der Waals surface area contributed by atoms with Gasteiger partial charge in [-0.15, -0.1) is 6.58 Å². The number of carbonyl (C=O) groups excluding carboxylic acids is 5. The number of carbonyl (C=O) groups is 5. The van der Waals surface area contributed by atoms with Crippen LogP contribution in [0.25, 0.3) is 0 Å². The van der Waals surface area contributed by atoms with Gasteiger partial charge in [0, 0.05) is 13.1 Å². The van der Waals surface area contributed by atoms with Crippen molar-refractivity contribution < 1.29 is 32.4 Å². The van der Waals surface area contributed by atoms with Crippen LogP contribution in [0.15, 0.2) is 12.7 Å². The van der Waals surface area contributed by atoms with Crippen LogP contribution in [-0.2, 0) is 29.0 Å². The molecule has 0 aromatic heterocycles. The van der Waals surface area contributed by atoms with Gasteiger partial charge in [-0.1, -0.05) is 93.6 Å². The Morgan fingerprint density at radius 2 is 1.63 bits per heavy atom. The number of amides is 5. The number of nitrogens with zero attached hydrogens (tertiary/aromatic N) is 1. The average molecular weight is 734 g/mol. The molecule has 288 valence electrons. The summed E-state index contributed by atoms with van der Waals surface area (Å²) in [6.07, 6.45) is 7.81. The lowest BCUT2D eigenvalue weighted by Gasteiger charge is -2.48. The van der Waals surface area contributed by atoms with Gasteiger partial charge in [-0.25, -0.2) is 13.2 Å². The minimum atomic E-state index is -3.46. The van der Waals surface area contributed by atoms with E-state index in [0.29, 0.717) is 38.6 Å². The van der Waals surface area contributed by atoms with Crippen molar-refractivity contribution in [1.29, 1.82) is 0 Å². The first-order valence-electron chi connectivity index (χ1n) is 19.0. The van der Waals surface area contributed by atoms with Crippen LogP contribution in [0.5, 0.6) is 0 Å². The molecule has 0 bridgehead atoms. The monoisotopic (exact) mass is 733 g/mol. The first-order chi connectivity index (χ1) is 23.6. The molecule has 0 aromatic carbocycles. The first-order valence-corrected chi connectivity index (χ1v) is 20.7. The molecule has 12 nitrogen and oxygen atoms in total. The molecule has 2 saturated carbocycles. The maximum Gasteiger partial charge on any atom is 0.315 e. The summed E-state index contributed by atoms with van der Waals surface area (Å²) >= 11 is 0. The molecule has 5 amide bonds. The van der Waals surface area contributed by atoms with Gasteiger partial charge in [0.2, 0.25) is 17.6 Å². The predicted molar refractivity (Wildman–Crippen MR) is 197 cm³/mol. The number of rotatable bonds is 13. The Balaban J connectivity index is 1.58. The highest BCUT2D eigenvalue weighted by Crippen LogP contribution is 2.65. The number of likely N-dealkylation sites (tertiary alicyclic amines) is 1. The van der Waals surface area contributed by atoms with Crippen LogP contribution in [-0.4, -0.2) is 90.6 Å². The van der Waals surface area contributed by atoms with E-state index in [-0.39, 0.29) is 41.4 Å². The number of unbranched alkanes of at least 4 members (excludes halogenated alkanes) is 1. The number of sulfone groups is 1. The van der Waals surface area contributed by atoms with Gasteiger partial charge < -0.3 is 26.2 Å². The Hall–Kier alpha value is -2.96. The fourth-order valence-electron chi connectivity index (χ4n) is 8.91. The molecule has 4 N–H and O–H groups in total. The quantitative estimate of drug-likeness (QED) is 0.164. The van der Waals surface area contributed by atoms with Crippen molar-refractivity contribution in [2.24, 2.45) is 28.1 Å². The van der Waals surface area contributed by atoms with Gasteiger partial charge in [-0.3, -0.25) is 19.2 Å². The second kappa shape index (κ2) is 15.2. The van der Waals surface area contributed by atoms with Crippen molar-refractivity contribution in [3.8, 4) is 0 Å². The predicted octanol–water partition coefficient (Wildman–Crippen LogP) is 4.04. The Morgan fingerprint density at radius 1 is 0.980 bits per heavy atom. The van der Waals surface area contributed by atoms with E-state index in [0.717, 1.165) is 25.7 Å². The number of hydrogen-bond acceptors (Lipinski definition) is 7. The second-order valence-electron chi connectivity index (χ2n) is 18.0. The van der Waals surface area contributed by atoms with E-state index in [9.17, 15) is 32.4 Å². The van der Waals surface area contributed by atoms with Crippen molar-refractivity contribution in [3.05, 3.63) is 12.7 Å². The number of ketones is 1. The Morgan fingerprint density at radius 3 is 2.22 bits per heavy atom. The minimum absolute atomic E-state index is 0.0534. The fourth-order valence-corrected chi connectivity index (χ4v) is 11.7. The third-order valence-electron chi connectivity index (χ3n) is 12.2. The third kappa shape index (κ3) is 8.82. The number of hydrogen-bond donors (Lipinski definition) is 4. The molecule has 0 radical (unpaired) electrons. The van der Waals surface area contributed by atoms with Crippen LogP contribution in [0.1, 0.15) is 120 Å². The van der Waals surface area contributed by atoms with Crippen LogP contribution in [0.2, 0.25) is 0 Å². The number of urea groups is 1. The van der Waals surface area contributed by atoms with E-state index in [1.165, 1.54) is 11.0 Å². The zero-order chi connectivity index (χ0) is 38.2. The summed E-state index contributed by atoms with van der Waals surface area (Å²) in [5, 5.41) is 10.7. The Kier molecular flexibility index (Phi) is 12.1. The molecule has 2 heterocycles. The summed E-state index contributed by atoms with van der Waals surface area (Å²) in [5.41, 5.74) is -2.10. The highest BCUT2D eigenvalue weighted by Gasteiger charge is 2.70. The summed E-state index contributed by atoms with van der Waals surface area (Å²) in [6.45, 7) is 19.8.